The van der Waals surface area contributed by atoms with E-state index in [4.69, 9.17) is 14.5 Å². The Kier molecular flexibility index (Phi) is 2.60. The summed E-state index contributed by atoms with van der Waals surface area (Å²) in [5.41, 5.74) is 2.09. The highest BCUT2D eigenvalue weighted by Gasteiger charge is 2.55. The molecular formula is C14H15BrN2O2. The zero-order valence-corrected chi connectivity index (χ0v) is 12.3. The lowest BCUT2D eigenvalue weighted by molar-refractivity contribution is 0.160. The molecule has 0 amide bonds. The van der Waals surface area contributed by atoms with Gasteiger partial charge in [0.25, 0.3) is 0 Å². The van der Waals surface area contributed by atoms with Gasteiger partial charge in [-0.3, -0.25) is 0 Å². The molecule has 1 saturated heterocycles. The van der Waals surface area contributed by atoms with Gasteiger partial charge in [0.2, 0.25) is 0 Å². The van der Waals surface area contributed by atoms with Crippen LogP contribution in [0.25, 0.3) is 5.65 Å². The summed E-state index contributed by atoms with van der Waals surface area (Å²) in [6.45, 7) is 4.43. The van der Waals surface area contributed by atoms with Crippen molar-refractivity contribution in [3.8, 4) is 5.75 Å². The summed E-state index contributed by atoms with van der Waals surface area (Å²) in [7, 11) is 0. The van der Waals surface area contributed by atoms with Crippen LogP contribution in [-0.4, -0.2) is 29.2 Å². The molecule has 2 aromatic rings. The summed E-state index contributed by atoms with van der Waals surface area (Å²) < 4.78 is 14.2. The summed E-state index contributed by atoms with van der Waals surface area (Å²) in [5.74, 6) is 2.79. The molecule has 2 unspecified atom stereocenters. The predicted octanol–water partition coefficient (Wildman–Crippen LogP) is 2.86. The number of rotatable bonds is 3. The van der Waals surface area contributed by atoms with Crippen LogP contribution in [0, 0.1) is 11.8 Å². The first-order valence-corrected chi connectivity index (χ1v) is 7.46. The van der Waals surface area contributed by atoms with E-state index in [-0.39, 0.29) is 0 Å². The smallest absolute Gasteiger partial charge is 0.180 e. The van der Waals surface area contributed by atoms with E-state index >= 15 is 0 Å². The number of hydrogen-bond donors (Lipinski definition) is 0. The lowest BCUT2D eigenvalue weighted by Gasteiger charge is -2.05. The Morgan fingerprint density at radius 1 is 1.42 bits per heavy atom. The number of pyridine rings is 1. The van der Waals surface area contributed by atoms with Gasteiger partial charge in [0.1, 0.15) is 0 Å². The van der Waals surface area contributed by atoms with Crippen LogP contribution in [0.5, 0.6) is 5.75 Å². The quantitative estimate of drug-likeness (QED) is 0.871. The van der Waals surface area contributed by atoms with Crippen molar-refractivity contribution in [2.45, 2.75) is 12.8 Å². The predicted molar refractivity (Wildman–Crippen MR) is 74.6 cm³/mol. The van der Waals surface area contributed by atoms with Crippen molar-refractivity contribution in [3.05, 3.63) is 28.6 Å². The van der Waals surface area contributed by atoms with Crippen LogP contribution in [0.2, 0.25) is 0 Å². The van der Waals surface area contributed by atoms with Crippen molar-refractivity contribution in [2.24, 2.45) is 11.8 Å². The lowest BCUT2D eigenvalue weighted by atomic mass is 10.2. The van der Waals surface area contributed by atoms with E-state index in [1.807, 2.05) is 19.2 Å². The molecule has 0 N–H and O–H groups in total. The first-order valence-electron chi connectivity index (χ1n) is 6.66. The third-order valence-corrected chi connectivity index (χ3v) is 4.53. The Hall–Kier alpha value is -1.07. The first kappa shape index (κ1) is 11.7. The molecule has 2 aromatic heterocycles. The molecule has 0 radical (unpaired) electrons. The minimum atomic E-state index is 0.585. The molecule has 3 atom stereocenters. The molecule has 1 saturated carbocycles. The van der Waals surface area contributed by atoms with Gasteiger partial charge in [-0.25, -0.2) is 4.98 Å². The molecular weight excluding hydrogens is 308 g/mol. The lowest BCUT2D eigenvalue weighted by Crippen LogP contribution is -1.97. The second-order valence-electron chi connectivity index (χ2n) is 5.24. The summed E-state index contributed by atoms with van der Waals surface area (Å²) in [6, 6.07) is 1.98. The van der Waals surface area contributed by atoms with Gasteiger partial charge in [-0.15, -0.1) is 0 Å². The molecule has 4 nitrogen and oxygen atoms in total. The maximum Gasteiger partial charge on any atom is 0.180 e. The van der Waals surface area contributed by atoms with E-state index in [0.717, 1.165) is 29.1 Å². The number of halogens is 1. The Labute approximate surface area is 119 Å². The van der Waals surface area contributed by atoms with Crippen molar-refractivity contribution in [3.63, 3.8) is 0 Å². The summed E-state index contributed by atoms with van der Waals surface area (Å²) in [6.07, 6.45) is 4.16. The number of hydrogen-bond acceptors (Lipinski definition) is 3. The monoisotopic (exact) mass is 322 g/mol. The van der Waals surface area contributed by atoms with Gasteiger partial charge >= 0.3 is 0 Å². The van der Waals surface area contributed by atoms with Gasteiger partial charge in [0, 0.05) is 22.8 Å². The van der Waals surface area contributed by atoms with Crippen molar-refractivity contribution in [2.75, 3.05) is 19.8 Å². The minimum absolute atomic E-state index is 0.585. The summed E-state index contributed by atoms with van der Waals surface area (Å²) >= 11 is 3.52. The summed E-state index contributed by atoms with van der Waals surface area (Å²) in [5, 5.41) is 0. The van der Waals surface area contributed by atoms with Crippen molar-refractivity contribution >= 4 is 21.6 Å². The molecule has 0 aromatic carbocycles. The van der Waals surface area contributed by atoms with Gasteiger partial charge in [-0.05, 0) is 40.8 Å². The molecule has 4 rings (SSSR count). The van der Waals surface area contributed by atoms with E-state index in [0.29, 0.717) is 24.4 Å². The van der Waals surface area contributed by atoms with Crippen LogP contribution in [-0.2, 0) is 4.74 Å². The summed E-state index contributed by atoms with van der Waals surface area (Å²) in [4.78, 5) is 4.78. The third-order valence-electron chi connectivity index (χ3n) is 4.10. The van der Waals surface area contributed by atoms with E-state index in [1.165, 1.54) is 5.69 Å². The van der Waals surface area contributed by atoms with E-state index in [9.17, 15) is 0 Å². The number of aromatic nitrogens is 2. The molecule has 19 heavy (non-hydrogen) atoms. The highest BCUT2D eigenvalue weighted by Crippen LogP contribution is 2.57. The van der Waals surface area contributed by atoms with Crippen LogP contribution in [0.4, 0.5) is 0 Å². The number of imidazole rings is 1. The molecule has 2 aliphatic rings. The first-order chi connectivity index (χ1) is 9.28. The molecule has 1 aliphatic carbocycles. The van der Waals surface area contributed by atoms with Gasteiger partial charge in [0.15, 0.2) is 11.4 Å². The second-order valence-corrected chi connectivity index (χ2v) is 6.16. The molecule has 5 heteroatoms. The molecule has 0 spiro atoms. The van der Waals surface area contributed by atoms with Crippen molar-refractivity contribution < 1.29 is 9.47 Å². The van der Waals surface area contributed by atoms with Crippen LogP contribution in [0.15, 0.2) is 22.9 Å². The largest absolute Gasteiger partial charge is 0.490 e. The zero-order chi connectivity index (χ0) is 13.0. The van der Waals surface area contributed by atoms with Crippen molar-refractivity contribution in [1.29, 1.82) is 0 Å². The highest BCUT2D eigenvalue weighted by atomic mass is 79.9. The van der Waals surface area contributed by atoms with Gasteiger partial charge in [0.05, 0.1) is 25.5 Å². The van der Waals surface area contributed by atoms with Gasteiger partial charge in [-0.2, -0.15) is 0 Å². The Bertz CT molecular complexity index is 630. The fraction of sp³-hybridized carbons (Fsp3) is 0.500. The van der Waals surface area contributed by atoms with Crippen LogP contribution < -0.4 is 4.74 Å². The van der Waals surface area contributed by atoms with E-state index in [1.54, 1.807) is 0 Å². The minimum Gasteiger partial charge on any atom is -0.490 e. The Balaban J connectivity index is 1.76. The average molecular weight is 323 g/mol. The van der Waals surface area contributed by atoms with Crippen molar-refractivity contribution in [1.82, 2.24) is 9.38 Å². The maximum atomic E-state index is 5.67. The standard InChI is InChI=1S/C14H15BrN2O2/c1-2-19-12-3-8(15)4-17-5-11(16-14(12)17)13-9-6-18-7-10(9)13/h3-5,9-10,13H,2,6-7H2,1H3/t9-,10?,13?/m1/s1. The number of nitrogens with zero attached hydrogens (tertiary/aromatic N) is 2. The molecule has 0 bridgehead atoms. The zero-order valence-electron chi connectivity index (χ0n) is 10.7. The van der Waals surface area contributed by atoms with Crippen LogP contribution in [0.1, 0.15) is 18.5 Å². The third kappa shape index (κ3) is 1.79. The number of fused-ring (bicyclic) bond motifs is 2. The molecule has 3 heterocycles. The maximum absolute atomic E-state index is 5.67. The SMILES string of the molecule is CCOc1cc(Br)cn2cc(C3C4COC[C@H]43)nc12. The molecule has 2 fully saturated rings. The van der Waals surface area contributed by atoms with E-state index < -0.39 is 0 Å². The molecule has 1 aliphatic heterocycles. The topological polar surface area (TPSA) is 35.8 Å². The normalized spacial score (nSPS) is 28.6. The average Bonchev–Trinajstić information content (AvgIpc) is 2.79. The fourth-order valence-corrected chi connectivity index (χ4v) is 3.58. The number of ether oxygens (including phenoxy) is 2. The Morgan fingerprint density at radius 2 is 2.21 bits per heavy atom. The van der Waals surface area contributed by atoms with Crippen LogP contribution >= 0.6 is 15.9 Å². The molecule has 100 valence electrons. The second kappa shape index (κ2) is 4.21. The van der Waals surface area contributed by atoms with Gasteiger partial charge in [-0.1, -0.05) is 0 Å². The Morgan fingerprint density at radius 3 is 2.95 bits per heavy atom. The van der Waals surface area contributed by atoms with Gasteiger partial charge < -0.3 is 13.9 Å². The highest BCUT2D eigenvalue weighted by molar-refractivity contribution is 9.10. The van der Waals surface area contributed by atoms with E-state index in [2.05, 4.69) is 26.5 Å². The fourth-order valence-electron chi connectivity index (χ4n) is 3.15. The van der Waals surface area contributed by atoms with Crippen LogP contribution in [0.3, 0.4) is 0 Å².